The molecule has 3 aromatic carbocycles. The number of aromatic nitrogens is 2. The average molecular weight is 604 g/mol. The van der Waals surface area contributed by atoms with Gasteiger partial charge in [-0.2, -0.15) is 8.78 Å². The van der Waals surface area contributed by atoms with Crippen molar-refractivity contribution < 1.29 is 41.0 Å². The minimum Gasteiger partial charge on any atom is -0.443 e. The lowest BCUT2D eigenvalue weighted by molar-refractivity contribution is -0.157. The predicted octanol–water partition coefficient (Wildman–Crippen LogP) is 5.80. The molecule has 0 saturated heterocycles. The number of benzene rings is 3. The molecular weight excluding hydrogens is 577 g/mol. The van der Waals surface area contributed by atoms with Crippen LogP contribution < -0.4 is 15.2 Å². The molecule has 0 radical (unpaired) electrons. The standard InChI is InChI=1S/C30H26F5N3O5/c1-15-36-20-11-6-16(12-19(20)27(39)38(15)14-42-29(41)30(2,3)4)13-37(5)18-9-7-17(8-10-18)28(40)43-26-24(34)22(32)21(31)23(33)25(26)35/h6-12H,13-14H2,1-5H3. The summed E-state index contributed by atoms with van der Waals surface area (Å²) in [4.78, 5) is 44.0. The molecule has 0 saturated carbocycles. The number of anilines is 1. The molecule has 0 unspecified atom stereocenters. The first kappa shape index (κ1) is 31.1. The highest BCUT2D eigenvalue weighted by Crippen LogP contribution is 2.30. The molecule has 8 nitrogen and oxygen atoms in total. The molecule has 0 spiro atoms. The molecule has 0 amide bonds. The number of carbonyl (C=O) groups is 2. The van der Waals surface area contributed by atoms with Crippen LogP contribution in [0.5, 0.6) is 5.75 Å². The van der Waals surface area contributed by atoms with E-state index in [1.54, 1.807) is 57.8 Å². The van der Waals surface area contributed by atoms with Crippen LogP contribution in [0.2, 0.25) is 0 Å². The van der Waals surface area contributed by atoms with E-state index in [-0.39, 0.29) is 17.9 Å². The number of aryl methyl sites for hydroxylation is 1. The second-order valence-electron chi connectivity index (χ2n) is 10.7. The van der Waals surface area contributed by atoms with Crippen LogP contribution in [0.15, 0.2) is 47.3 Å². The molecule has 0 aliphatic carbocycles. The highest BCUT2D eigenvalue weighted by molar-refractivity contribution is 5.91. The number of nitrogens with zero attached hydrogens (tertiary/aromatic N) is 3. The van der Waals surface area contributed by atoms with Crippen LogP contribution >= 0.6 is 0 Å². The molecule has 0 atom stereocenters. The largest absolute Gasteiger partial charge is 0.443 e. The van der Waals surface area contributed by atoms with Gasteiger partial charge in [0, 0.05) is 19.3 Å². The number of hydrogen-bond acceptors (Lipinski definition) is 7. The fraction of sp³-hybridized carbons (Fsp3) is 0.267. The second-order valence-corrected chi connectivity index (χ2v) is 10.7. The SMILES string of the molecule is Cc1nc2ccc(CN(C)c3ccc(C(=O)Oc4c(F)c(F)c(F)c(F)c4F)cc3)cc2c(=O)n1COC(=O)C(C)(C)C. The van der Waals surface area contributed by atoms with Crippen LogP contribution in [0.1, 0.15) is 42.5 Å². The van der Waals surface area contributed by atoms with Crippen molar-refractivity contribution in [3.8, 4) is 5.75 Å². The van der Waals surface area contributed by atoms with Gasteiger partial charge in [-0.05, 0) is 69.7 Å². The van der Waals surface area contributed by atoms with Crippen molar-refractivity contribution in [2.24, 2.45) is 5.41 Å². The van der Waals surface area contributed by atoms with E-state index in [0.717, 1.165) is 5.56 Å². The molecule has 0 bridgehead atoms. The van der Waals surface area contributed by atoms with Gasteiger partial charge in [0.05, 0.1) is 21.9 Å². The summed E-state index contributed by atoms with van der Waals surface area (Å²) in [6.45, 7) is 6.75. The molecule has 13 heteroatoms. The third-order valence-electron chi connectivity index (χ3n) is 6.47. The van der Waals surface area contributed by atoms with Gasteiger partial charge in [0.2, 0.25) is 34.8 Å². The lowest BCUT2D eigenvalue weighted by Crippen LogP contribution is -2.30. The Morgan fingerprint density at radius 1 is 0.907 bits per heavy atom. The topological polar surface area (TPSA) is 90.7 Å². The van der Waals surface area contributed by atoms with Crippen molar-refractivity contribution in [3.05, 3.63) is 98.9 Å². The van der Waals surface area contributed by atoms with Gasteiger partial charge in [0.25, 0.3) is 5.56 Å². The minimum absolute atomic E-state index is 0.207. The van der Waals surface area contributed by atoms with Crippen LogP contribution in [0, 0.1) is 41.4 Å². The normalized spacial score (nSPS) is 11.5. The molecule has 4 aromatic rings. The van der Waals surface area contributed by atoms with Gasteiger partial charge >= 0.3 is 11.9 Å². The predicted molar refractivity (Wildman–Crippen MR) is 146 cm³/mol. The summed E-state index contributed by atoms with van der Waals surface area (Å²) in [7, 11) is 1.73. The van der Waals surface area contributed by atoms with E-state index in [2.05, 4.69) is 9.72 Å². The van der Waals surface area contributed by atoms with E-state index in [1.165, 1.54) is 28.8 Å². The van der Waals surface area contributed by atoms with Gasteiger partial charge in [0.15, 0.2) is 6.73 Å². The van der Waals surface area contributed by atoms with Gasteiger partial charge in [-0.3, -0.25) is 14.2 Å². The van der Waals surface area contributed by atoms with Gasteiger partial charge in [-0.25, -0.2) is 22.9 Å². The summed E-state index contributed by atoms with van der Waals surface area (Å²) in [6.07, 6.45) is 0. The molecule has 0 N–H and O–H groups in total. The van der Waals surface area contributed by atoms with Crippen LogP contribution in [0.3, 0.4) is 0 Å². The average Bonchev–Trinajstić information content (AvgIpc) is 2.96. The number of halogens is 5. The maximum absolute atomic E-state index is 13.9. The van der Waals surface area contributed by atoms with Crippen LogP contribution in [0.4, 0.5) is 27.6 Å². The van der Waals surface area contributed by atoms with Crippen molar-refractivity contribution in [3.63, 3.8) is 0 Å². The Morgan fingerprint density at radius 3 is 2.07 bits per heavy atom. The zero-order valence-electron chi connectivity index (χ0n) is 23.7. The quantitative estimate of drug-likeness (QED) is 0.0867. The van der Waals surface area contributed by atoms with E-state index >= 15 is 0 Å². The molecule has 0 aliphatic heterocycles. The maximum atomic E-state index is 13.9. The van der Waals surface area contributed by atoms with Crippen LogP contribution in [-0.2, 0) is 22.8 Å². The van der Waals surface area contributed by atoms with Crippen molar-refractivity contribution >= 4 is 28.5 Å². The molecular formula is C30H26F5N3O5. The van der Waals surface area contributed by atoms with Crippen molar-refractivity contribution in [1.29, 1.82) is 0 Å². The number of ether oxygens (including phenoxy) is 2. The van der Waals surface area contributed by atoms with Gasteiger partial charge < -0.3 is 14.4 Å². The third-order valence-corrected chi connectivity index (χ3v) is 6.47. The second kappa shape index (κ2) is 11.8. The number of hydrogen-bond donors (Lipinski definition) is 0. The Labute approximate surface area is 242 Å². The molecule has 1 heterocycles. The summed E-state index contributed by atoms with van der Waals surface area (Å²) in [5.74, 6) is -14.5. The maximum Gasteiger partial charge on any atom is 0.343 e. The van der Waals surface area contributed by atoms with E-state index in [9.17, 15) is 36.3 Å². The van der Waals surface area contributed by atoms with Gasteiger partial charge in [-0.15, -0.1) is 0 Å². The molecule has 4 rings (SSSR count). The Morgan fingerprint density at radius 2 is 1.49 bits per heavy atom. The number of fused-ring (bicyclic) bond motifs is 1. The fourth-order valence-corrected chi connectivity index (χ4v) is 4.01. The Kier molecular flexibility index (Phi) is 8.56. The smallest absolute Gasteiger partial charge is 0.343 e. The first-order chi connectivity index (χ1) is 20.1. The minimum atomic E-state index is -2.37. The van der Waals surface area contributed by atoms with Gasteiger partial charge in [0.1, 0.15) is 5.82 Å². The van der Waals surface area contributed by atoms with E-state index in [0.29, 0.717) is 29.0 Å². The molecule has 0 fully saturated rings. The summed E-state index contributed by atoms with van der Waals surface area (Å²) < 4.78 is 78.9. The molecule has 43 heavy (non-hydrogen) atoms. The monoisotopic (exact) mass is 603 g/mol. The Hall–Kier alpha value is -4.81. The van der Waals surface area contributed by atoms with Crippen molar-refractivity contribution in [1.82, 2.24) is 9.55 Å². The van der Waals surface area contributed by atoms with Gasteiger partial charge in [-0.1, -0.05) is 6.07 Å². The van der Waals surface area contributed by atoms with Crippen molar-refractivity contribution in [2.45, 2.75) is 41.0 Å². The summed E-state index contributed by atoms with van der Waals surface area (Å²) >= 11 is 0. The first-order valence-electron chi connectivity index (χ1n) is 12.8. The number of esters is 2. The summed E-state index contributed by atoms with van der Waals surface area (Å²) in [5, 5.41) is 0.314. The van der Waals surface area contributed by atoms with E-state index in [4.69, 9.17) is 4.74 Å². The number of rotatable bonds is 7. The Balaban J connectivity index is 1.50. The zero-order chi connectivity index (χ0) is 31.8. The Bertz CT molecular complexity index is 1770. The molecule has 226 valence electrons. The highest BCUT2D eigenvalue weighted by atomic mass is 19.2. The van der Waals surface area contributed by atoms with Crippen molar-refractivity contribution in [2.75, 3.05) is 11.9 Å². The first-order valence-corrected chi connectivity index (χ1v) is 12.8. The zero-order valence-corrected chi connectivity index (χ0v) is 23.7. The lowest BCUT2D eigenvalue weighted by Gasteiger charge is -2.20. The van der Waals surface area contributed by atoms with Crippen LogP contribution in [0.25, 0.3) is 10.9 Å². The highest BCUT2D eigenvalue weighted by Gasteiger charge is 2.29. The van der Waals surface area contributed by atoms with E-state index in [1.807, 2.05) is 0 Å². The summed E-state index contributed by atoms with van der Waals surface area (Å²) in [6, 6.07) is 10.6. The summed E-state index contributed by atoms with van der Waals surface area (Å²) in [5.41, 5.74) is 0.442. The molecule has 1 aromatic heterocycles. The van der Waals surface area contributed by atoms with E-state index < -0.39 is 52.2 Å². The fourth-order valence-electron chi connectivity index (χ4n) is 4.01. The molecule has 0 aliphatic rings. The third kappa shape index (κ3) is 6.35. The lowest BCUT2D eigenvalue weighted by atomic mass is 9.98. The van der Waals surface area contributed by atoms with Crippen LogP contribution in [-0.4, -0.2) is 28.5 Å². The number of carbonyl (C=O) groups excluding carboxylic acids is 2.